The van der Waals surface area contributed by atoms with Gasteiger partial charge in [-0.25, -0.2) is 8.42 Å². The Labute approximate surface area is 271 Å². The van der Waals surface area contributed by atoms with Crippen LogP contribution in [0.1, 0.15) is 43.0 Å². The first kappa shape index (κ1) is 33.7. The third-order valence-corrected chi connectivity index (χ3v) is 9.62. The highest BCUT2D eigenvalue weighted by molar-refractivity contribution is 7.92. The van der Waals surface area contributed by atoms with E-state index in [2.05, 4.69) is 5.32 Å². The molecule has 0 aliphatic heterocycles. The molecule has 0 radical (unpaired) electrons. The van der Waals surface area contributed by atoms with Crippen LogP contribution in [-0.2, 0) is 32.6 Å². The van der Waals surface area contributed by atoms with Crippen LogP contribution in [0.4, 0.5) is 5.69 Å². The second kappa shape index (κ2) is 14.3. The molecule has 0 saturated heterocycles. The number of carbonyl (C=O) groups excluding carboxylic acids is 2. The Morgan fingerprint density at radius 1 is 0.822 bits per heavy atom. The molecule has 1 atom stereocenters. The second-order valence-electron chi connectivity index (χ2n) is 12.2. The minimum atomic E-state index is -4.20. The fraction of sp³-hybridized carbons (Fsp3) is 0.278. The lowest BCUT2D eigenvalue weighted by Gasteiger charge is -2.35. The molecule has 0 aliphatic carbocycles. The normalized spacial score (nSPS) is 12.3. The lowest BCUT2D eigenvalue weighted by Crippen LogP contribution is -2.56. The summed E-state index contributed by atoms with van der Waals surface area (Å²) >= 11 is 6.45. The number of benzene rings is 4. The van der Waals surface area contributed by atoms with E-state index in [0.717, 1.165) is 26.6 Å². The van der Waals surface area contributed by atoms with Gasteiger partial charge in [0, 0.05) is 23.5 Å². The van der Waals surface area contributed by atoms with Crippen LogP contribution in [0.25, 0.3) is 0 Å². The molecule has 236 valence electrons. The molecule has 0 bridgehead atoms. The number of amides is 2. The average molecular weight is 646 g/mol. The average Bonchev–Trinajstić information content (AvgIpc) is 3.00. The zero-order valence-corrected chi connectivity index (χ0v) is 27.9. The molecule has 4 rings (SSSR count). The van der Waals surface area contributed by atoms with Gasteiger partial charge in [-0.2, -0.15) is 0 Å². The number of aryl methyl sites for hydroxylation is 2. The topological polar surface area (TPSA) is 86.8 Å². The molecule has 4 aromatic rings. The third-order valence-electron chi connectivity index (χ3n) is 7.42. The Bertz CT molecular complexity index is 1740. The van der Waals surface area contributed by atoms with Gasteiger partial charge in [0.2, 0.25) is 11.8 Å². The fourth-order valence-corrected chi connectivity index (χ4v) is 6.57. The van der Waals surface area contributed by atoms with E-state index < -0.39 is 34.1 Å². The summed E-state index contributed by atoms with van der Waals surface area (Å²) in [5, 5.41) is 3.42. The minimum Gasteiger partial charge on any atom is -0.350 e. The number of sulfonamides is 1. The highest BCUT2D eigenvalue weighted by atomic mass is 35.5. The van der Waals surface area contributed by atoms with Crippen molar-refractivity contribution in [2.75, 3.05) is 10.8 Å². The van der Waals surface area contributed by atoms with Gasteiger partial charge in [-0.1, -0.05) is 90.5 Å². The van der Waals surface area contributed by atoms with Gasteiger partial charge in [-0.3, -0.25) is 13.9 Å². The van der Waals surface area contributed by atoms with Gasteiger partial charge < -0.3 is 10.2 Å². The van der Waals surface area contributed by atoms with Crippen molar-refractivity contribution in [2.45, 2.75) is 64.1 Å². The lowest BCUT2D eigenvalue weighted by atomic mass is 10.00. The molecule has 0 saturated carbocycles. The first-order valence-corrected chi connectivity index (χ1v) is 16.6. The van der Waals surface area contributed by atoms with Crippen molar-refractivity contribution in [1.29, 1.82) is 0 Å². The second-order valence-corrected chi connectivity index (χ2v) is 14.4. The van der Waals surface area contributed by atoms with E-state index >= 15 is 0 Å². The van der Waals surface area contributed by atoms with Crippen LogP contribution in [0.3, 0.4) is 0 Å². The van der Waals surface area contributed by atoms with Crippen molar-refractivity contribution in [3.63, 3.8) is 0 Å². The SMILES string of the molecule is Cc1ccc(N(CC(=O)N(Cc2ccccc2C)[C@@H](Cc2ccccc2)C(=O)NC(C)(C)C)S(=O)(=O)c2ccccc2)cc1Cl. The Balaban J connectivity index is 1.84. The van der Waals surface area contributed by atoms with E-state index in [1.807, 2.05) is 89.2 Å². The predicted molar refractivity (Wildman–Crippen MR) is 181 cm³/mol. The summed E-state index contributed by atoms with van der Waals surface area (Å²) < 4.78 is 29.3. The van der Waals surface area contributed by atoms with Crippen LogP contribution >= 0.6 is 11.6 Å². The molecule has 2 amide bonds. The van der Waals surface area contributed by atoms with Crippen LogP contribution in [-0.4, -0.2) is 43.3 Å². The summed E-state index contributed by atoms with van der Waals surface area (Å²) in [6.45, 7) is 8.97. The smallest absolute Gasteiger partial charge is 0.264 e. The number of halogens is 1. The Morgan fingerprint density at radius 2 is 1.42 bits per heavy atom. The van der Waals surface area contributed by atoms with Crippen LogP contribution < -0.4 is 9.62 Å². The number of anilines is 1. The number of hydrogen-bond donors (Lipinski definition) is 1. The van der Waals surface area contributed by atoms with Gasteiger partial charge in [0.1, 0.15) is 12.6 Å². The quantitative estimate of drug-likeness (QED) is 0.197. The first-order valence-electron chi connectivity index (χ1n) is 14.8. The molecule has 45 heavy (non-hydrogen) atoms. The van der Waals surface area contributed by atoms with Gasteiger partial charge in [-0.05, 0) is 81.1 Å². The maximum Gasteiger partial charge on any atom is 0.264 e. The molecule has 9 heteroatoms. The van der Waals surface area contributed by atoms with Crippen molar-refractivity contribution in [2.24, 2.45) is 0 Å². The van der Waals surface area contributed by atoms with Crippen molar-refractivity contribution < 1.29 is 18.0 Å². The zero-order chi connectivity index (χ0) is 32.8. The molecule has 0 aromatic heterocycles. The summed E-state index contributed by atoms with van der Waals surface area (Å²) in [6, 6.07) is 29.1. The fourth-order valence-electron chi connectivity index (χ4n) is 4.96. The molecule has 0 unspecified atom stereocenters. The number of rotatable bonds is 11. The molecular weight excluding hydrogens is 606 g/mol. The summed E-state index contributed by atoms with van der Waals surface area (Å²) in [7, 11) is -4.20. The van der Waals surface area contributed by atoms with Crippen molar-refractivity contribution in [1.82, 2.24) is 10.2 Å². The van der Waals surface area contributed by atoms with Gasteiger partial charge in [-0.15, -0.1) is 0 Å². The Kier molecular flexibility index (Phi) is 10.7. The third kappa shape index (κ3) is 8.74. The number of nitrogens with one attached hydrogen (secondary N) is 1. The van der Waals surface area contributed by atoms with Crippen molar-refractivity contribution >= 4 is 39.1 Å². The van der Waals surface area contributed by atoms with Crippen LogP contribution in [0, 0.1) is 13.8 Å². The van der Waals surface area contributed by atoms with Gasteiger partial charge in [0.25, 0.3) is 10.0 Å². The molecule has 1 N–H and O–H groups in total. The van der Waals surface area contributed by atoms with E-state index in [-0.39, 0.29) is 29.5 Å². The largest absolute Gasteiger partial charge is 0.350 e. The summed E-state index contributed by atoms with van der Waals surface area (Å²) in [5.41, 5.74) is 3.12. The van der Waals surface area contributed by atoms with E-state index in [9.17, 15) is 18.0 Å². The maximum atomic E-state index is 14.6. The molecule has 0 aliphatic rings. The molecule has 0 spiro atoms. The Hall–Kier alpha value is -4.14. The van der Waals surface area contributed by atoms with E-state index in [4.69, 9.17) is 11.6 Å². The van der Waals surface area contributed by atoms with Gasteiger partial charge in [0.05, 0.1) is 10.6 Å². The number of carbonyl (C=O) groups is 2. The van der Waals surface area contributed by atoms with E-state index in [0.29, 0.717) is 5.02 Å². The minimum absolute atomic E-state index is 0.0336. The van der Waals surface area contributed by atoms with Crippen LogP contribution in [0.5, 0.6) is 0 Å². The molecule has 7 nitrogen and oxygen atoms in total. The summed E-state index contributed by atoms with van der Waals surface area (Å²) in [6.07, 6.45) is 0.238. The maximum absolute atomic E-state index is 14.6. The molecule has 0 heterocycles. The standard InChI is InChI=1S/C36H40ClN3O4S/c1-26-14-12-13-17-29(26)24-39(33(35(42)38-36(3,4)5)22-28-15-8-6-9-16-28)34(41)25-40(30-21-20-27(2)32(37)23-30)45(43,44)31-18-10-7-11-19-31/h6-21,23,33H,22,24-25H2,1-5H3,(H,38,42)/t33-/m0/s1. The monoisotopic (exact) mass is 645 g/mol. The van der Waals surface area contributed by atoms with E-state index in [1.54, 1.807) is 36.4 Å². The summed E-state index contributed by atoms with van der Waals surface area (Å²) in [5.74, 6) is -0.858. The van der Waals surface area contributed by atoms with Crippen molar-refractivity contribution in [3.05, 3.63) is 130 Å². The molecular formula is C36H40ClN3O4S. The van der Waals surface area contributed by atoms with Crippen molar-refractivity contribution in [3.8, 4) is 0 Å². The lowest BCUT2D eigenvalue weighted by molar-refractivity contribution is -0.140. The molecule has 4 aromatic carbocycles. The van der Waals surface area contributed by atoms with Gasteiger partial charge >= 0.3 is 0 Å². The van der Waals surface area contributed by atoms with Crippen LogP contribution in [0.15, 0.2) is 108 Å². The van der Waals surface area contributed by atoms with Crippen LogP contribution in [0.2, 0.25) is 5.02 Å². The highest BCUT2D eigenvalue weighted by Gasteiger charge is 2.35. The molecule has 0 fully saturated rings. The number of nitrogens with zero attached hydrogens (tertiary/aromatic N) is 2. The summed E-state index contributed by atoms with van der Waals surface area (Å²) in [4.78, 5) is 30.1. The zero-order valence-electron chi connectivity index (χ0n) is 26.3. The van der Waals surface area contributed by atoms with E-state index in [1.165, 1.54) is 17.0 Å². The predicted octanol–water partition coefficient (Wildman–Crippen LogP) is 6.71. The highest BCUT2D eigenvalue weighted by Crippen LogP contribution is 2.29. The van der Waals surface area contributed by atoms with Gasteiger partial charge in [0.15, 0.2) is 0 Å². The first-order chi connectivity index (χ1) is 21.3. The number of hydrogen-bond acceptors (Lipinski definition) is 4. The Morgan fingerprint density at radius 3 is 2.02 bits per heavy atom.